The fraction of sp³-hybridized carbons (Fsp3) is 0. The molecule has 0 aliphatic rings. The first-order valence-corrected chi connectivity index (χ1v) is 9.69. The van der Waals surface area contributed by atoms with Crippen molar-refractivity contribution in [3.8, 4) is 0 Å². The fourth-order valence-electron chi connectivity index (χ4n) is 2.19. The summed E-state index contributed by atoms with van der Waals surface area (Å²) in [7, 11) is 0. The van der Waals surface area contributed by atoms with Crippen LogP contribution in [-0.2, 0) is 14.4 Å². The maximum absolute atomic E-state index is 9.97. The average molecular weight is 556 g/mol. The number of carboxylic acid groups (broad SMARTS) is 3. The van der Waals surface area contributed by atoms with Crippen LogP contribution in [0.25, 0.3) is 18.2 Å². The number of rotatable bonds is 6. The third kappa shape index (κ3) is 16.8. The standard InChI is InChI=1S/3C9H8O2.In/c3*10-9(11)7-6-8-4-2-1-3-5-8;/h3*1-7H,(H,10,11);/q;;;+3/p-3. The molecule has 6 nitrogen and oxygen atoms in total. The molecule has 3 rings (SSSR count). The minimum absolute atomic E-state index is 0. The van der Waals surface area contributed by atoms with Crippen LogP contribution in [0.2, 0.25) is 0 Å². The molecule has 0 N–H and O–H groups in total. The summed E-state index contributed by atoms with van der Waals surface area (Å²) in [5, 5.41) is 29.9. The van der Waals surface area contributed by atoms with Crippen molar-refractivity contribution in [3.05, 3.63) is 126 Å². The quantitative estimate of drug-likeness (QED) is 0.418. The zero-order chi connectivity index (χ0) is 24.3. The van der Waals surface area contributed by atoms with Crippen molar-refractivity contribution >= 4 is 62.0 Å². The Bertz CT molecular complexity index is 934. The Kier molecular flexibility index (Phi) is 16.6. The fourth-order valence-corrected chi connectivity index (χ4v) is 2.19. The molecule has 168 valence electrons. The van der Waals surface area contributed by atoms with E-state index in [0.717, 1.165) is 34.9 Å². The van der Waals surface area contributed by atoms with Gasteiger partial charge in [0.2, 0.25) is 0 Å². The van der Waals surface area contributed by atoms with Crippen LogP contribution in [0.5, 0.6) is 0 Å². The molecule has 0 saturated carbocycles. The van der Waals surface area contributed by atoms with E-state index >= 15 is 0 Å². The molecule has 0 aliphatic heterocycles. The molecule has 0 atom stereocenters. The monoisotopic (exact) mass is 556 g/mol. The van der Waals surface area contributed by atoms with Crippen LogP contribution in [0.15, 0.2) is 109 Å². The molecule has 0 aromatic heterocycles. The van der Waals surface area contributed by atoms with Gasteiger partial charge in [-0.15, -0.1) is 0 Å². The van der Waals surface area contributed by atoms with Gasteiger partial charge in [-0.1, -0.05) is 109 Å². The SMILES string of the molecule is O=C([O-])C=Cc1ccccc1.O=C([O-])C=Cc1ccccc1.O=C([O-])C=Cc1ccccc1.[In+3]. The van der Waals surface area contributed by atoms with E-state index < -0.39 is 17.9 Å². The molecule has 0 saturated heterocycles. The number of carbonyl (C=O) groups excluding carboxylic acids is 3. The summed E-state index contributed by atoms with van der Waals surface area (Å²) in [6.07, 6.45) is 7.51. The Hall–Kier alpha value is -3.84. The molecule has 7 heteroatoms. The van der Waals surface area contributed by atoms with Crippen molar-refractivity contribution < 1.29 is 29.7 Å². The molecular weight excluding hydrogens is 535 g/mol. The van der Waals surface area contributed by atoms with Gasteiger partial charge in [0, 0.05) is 0 Å². The summed E-state index contributed by atoms with van der Waals surface area (Å²) in [5.41, 5.74) is 2.57. The van der Waals surface area contributed by atoms with Gasteiger partial charge < -0.3 is 29.7 Å². The van der Waals surface area contributed by atoms with Crippen LogP contribution in [0.1, 0.15) is 16.7 Å². The predicted octanol–water partition coefficient (Wildman–Crippen LogP) is 0.968. The average Bonchev–Trinajstić information content (AvgIpc) is 2.83. The van der Waals surface area contributed by atoms with Gasteiger partial charge in [-0.25, -0.2) is 0 Å². The molecule has 0 bridgehead atoms. The largest absolute Gasteiger partial charge is 3.00 e. The van der Waals surface area contributed by atoms with Crippen molar-refractivity contribution in [3.63, 3.8) is 0 Å². The zero-order valence-corrected chi connectivity index (χ0v) is 21.4. The van der Waals surface area contributed by atoms with Crippen LogP contribution in [0.4, 0.5) is 0 Å². The summed E-state index contributed by atoms with van der Waals surface area (Å²) < 4.78 is 0. The summed E-state index contributed by atoms with van der Waals surface area (Å²) in [5.74, 6) is -3.52. The maximum Gasteiger partial charge on any atom is 3.00 e. The summed E-state index contributed by atoms with van der Waals surface area (Å²) in [6.45, 7) is 0. The van der Waals surface area contributed by atoms with Crippen molar-refractivity contribution in [2.75, 3.05) is 0 Å². The van der Waals surface area contributed by atoms with Gasteiger partial charge in [0.1, 0.15) is 0 Å². The van der Waals surface area contributed by atoms with E-state index in [4.69, 9.17) is 0 Å². The molecule has 3 aromatic rings. The van der Waals surface area contributed by atoms with Gasteiger partial charge in [0.25, 0.3) is 0 Å². The van der Waals surface area contributed by atoms with Gasteiger partial charge in [0.15, 0.2) is 0 Å². The number of carboxylic acids is 3. The third-order valence-electron chi connectivity index (χ3n) is 3.63. The van der Waals surface area contributed by atoms with E-state index in [2.05, 4.69) is 0 Å². The van der Waals surface area contributed by atoms with Crippen molar-refractivity contribution in [2.45, 2.75) is 0 Å². The molecule has 0 heterocycles. The Labute approximate surface area is 217 Å². The zero-order valence-electron chi connectivity index (χ0n) is 18.2. The molecule has 0 fully saturated rings. The molecule has 0 spiro atoms. The van der Waals surface area contributed by atoms with Crippen molar-refractivity contribution in [1.29, 1.82) is 0 Å². The first-order chi connectivity index (χ1) is 15.9. The first-order valence-electron chi connectivity index (χ1n) is 9.69. The molecule has 0 amide bonds. The number of aliphatic carboxylic acids is 3. The van der Waals surface area contributed by atoms with Gasteiger partial charge in [-0.05, 0) is 34.9 Å². The van der Waals surface area contributed by atoms with E-state index in [-0.39, 0.29) is 25.8 Å². The van der Waals surface area contributed by atoms with E-state index in [9.17, 15) is 29.7 Å². The third-order valence-corrected chi connectivity index (χ3v) is 3.63. The second-order valence-electron chi connectivity index (χ2n) is 6.19. The summed E-state index contributed by atoms with van der Waals surface area (Å²) in [4.78, 5) is 29.9. The second kappa shape index (κ2) is 18.7. The van der Waals surface area contributed by atoms with Gasteiger partial charge in [0.05, 0.1) is 17.9 Å². The number of carbonyl (C=O) groups is 3. The van der Waals surface area contributed by atoms with Crippen LogP contribution in [0, 0.1) is 0 Å². The smallest absolute Gasteiger partial charge is 0.545 e. The Balaban J connectivity index is 0.000000473. The minimum atomic E-state index is -1.17. The van der Waals surface area contributed by atoms with E-state index in [1.54, 1.807) is 0 Å². The molecule has 0 radical (unpaired) electrons. The van der Waals surface area contributed by atoms with Crippen LogP contribution in [0.3, 0.4) is 0 Å². The topological polar surface area (TPSA) is 120 Å². The molecule has 3 aromatic carbocycles. The second-order valence-corrected chi connectivity index (χ2v) is 6.19. The summed E-state index contributed by atoms with van der Waals surface area (Å²) >= 11 is 0. The molecule has 0 aliphatic carbocycles. The first kappa shape index (κ1) is 30.2. The normalized spacial score (nSPS) is 9.88. The molecular formula is C27H21InO6. The minimum Gasteiger partial charge on any atom is -0.545 e. The van der Waals surface area contributed by atoms with Crippen LogP contribution >= 0.6 is 0 Å². The van der Waals surface area contributed by atoms with E-state index in [1.807, 2.05) is 91.0 Å². The predicted molar refractivity (Wildman–Crippen MR) is 127 cm³/mol. The number of benzene rings is 3. The van der Waals surface area contributed by atoms with Gasteiger partial charge >= 0.3 is 25.8 Å². The summed E-state index contributed by atoms with van der Waals surface area (Å²) in [6, 6.07) is 27.6. The van der Waals surface area contributed by atoms with Gasteiger partial charge in [-0.3, -0.25) is 0 Å². The molecule has 34 heavy (non-hydrogen) atoms. The van der Waals surface area contributed by atoms with Crippen molar-refractivity contribution in [2.24, 2.45) is 0 Å². The van der Waals surface area contributed by atoms with Crippen LogP contribution in [-0.4, -0.2) is 43.8 Å². The van der Waals surface area contributed by atoms with E-state index in [1.165, 1.54) is 18.2 Å². The number of hydrogen-bond donors (Lipinski definition) is 0. The van der Waals surface area contributed by atoms with Gasteiger partial charge in [-0.2, -0.15) is 0 Å². The maximum atomic E-state index is 9.97. The Morgan fingerprint density at radius 3 is 0.824 bits per heavy atom. The molecule has 0 unspecified atom stereocenters. The Morgan fingerprint density at radius 1 is 0.441 bits per heavy atom. The Morgan fingerprint density at radius 2 is 0.647 bits per heavy atom. The van der Waals surface area contributed by atoms with Crippen molar-refractivity contribution in [1.82, 2.24) is 0 Å². The van der Waals surface area contributed by atoms with E-state index in [0.29, 0.717) is 0 Å². The van der Waals surface area contributed by atoms with Crippen LogP contribution < -0.4 is 15.3 Å². The number of hydrogen-bond acceptors (Lipinski definition) is 6.